The van der Waals surface area contributed by atoms with Gasteiger partial charge in [-0.05, 0) is 49.8 Å². The van der Waals surface area contributed by atoms with Gasteiger partial charge in [0.1, 0.15) is 0 Å². The molecule has 1 aliphatic rings. The van der Waals surface area contributed by atoms with Gasteiger partial charge >= 0.3 is 0 Å². The highest BCUT2D eigenvalue weighted by atomic mass is 15.1. The molecule has 1 aliphatic heterocycles. The number of benzene rings is 1. The van der Waals surface area contributed by atoms with Crippen molar-refractivity contribution in [2.75, 3.05) is 23.7 Å². The van der Waals surface area contributed by atoms with Crippen molar-refractivity contribution in [1.29, 1.82) is 0 Å². The van der Waals surface area contributed by atoms with Crippen molar-refractivity contribution in [3.05, 3.63) is 23.3 Å². The normalized spacial score (nSPS) is 17.8. The first-order valence-electron chi connectivity index (χ1n) is 6.20. The van der Waals surface area contributed by atoms with E-state index in [1.54, 1.807) is 0 Å². The van der Waals surface area contributed by atoms with Gasteiger partial charge < -0.3 is 10.6 Å². The number of nitrogens with zero attached hydrogens (tertiary/aromatic N) is 1. The molecule has 0 bridgehead atoms. The molecule has 1 heterocycles. The third-order valence-corrected chi connectivity index (χ3v) is 3.77. The molecule has 1 aromatic rings. The number of rotatable bonds is 1. The number of piperidine rings is 1. The Morgan fingerprint density at radius 1 is 1.19 bits per heavy atom. The third-order valence-electron chi connectivity index (χ3n) is 3.77. The fraction of sp³-hybridized carbons (Fsp3) is 0.571. The predicted molar refractivity (Wildman–Crippen MR) is 70.9 cm³/mol. The maximum absolute atomic E-state index is 6.00. The van der Waals surface area contributed by atoms with Crippen molar-refractivity contribution in [3.8, 4) is 0 Å². The van der Waals surface area contributed by atoms with Crippen LogP contribution in [-0.4, -0.2) is 13.1 Å². The predicted octanol–water partition coefficient (Wildman–Crippen LogP) is 3.12. The lowest BCUT2D eigenvalue weighted by molar-refractivity contribution is 0.438. The summed E-state index contributed by atoms with van der Waals surface area (Å²) in [5, 5.41) is 0. The summed E-state index contributed by atoms with van der Waals surface area (Å²) in [6, 6.07) is 4.15. The molecule has 0 spiro atoms. The minimum Gasteiger partial charge on any atom is -0.398 e. The van der Waals surface area contributed by atoms with Crippen LogP contribution in [0.15, 0.2) is 12.1 Å². The lowest BCUT2D eigenvalue weighted by atomic mass is 9.97. The molecule has 2 rings (SSSR count). The van der Waals surface area contributed by atoms with E-state index in [1.165, 1.54) is 42.7 Å². The maximum Gasteiger partial charge on any atom is 0.0446 e. The highest BCUT2D eigenvalue weighted by molar-refractivity contribution is 5.68. The lowest BCUT2D eigenvalue weighted by Crippen LogP contribution is -2.33. The largest absolute Gasteiger partial charge is 0.398 e. The highest BCUT2D eigenvalue weighted by Crippen LogP contribution is 2.31. The smallest absolute Gasteiger partial charge is 0.0446 e. The van der Waals surface area contributed by atoms with E-state index in [0.717, 1.165) is 11.6 Å². The lowest BCUT2D eigenvalue weighted by Gasteiger charge is -2.34. The van der Waals surface area contributed by atoms with Gasteiger partial charge in [0.05, 0.1) is 0 Å². The summed E-state index contributed by atoms with van der Waals surface area (Å²) in [6.07, 6.45) is 2.60. The summed E-state index contributed by atoms with van der Waals surface area (Å²) in [4.78, 5) is 2.50. The fourth-order valence-corrected chi connectivity index (χ4v) is 2.57. The van der Waals surface area contributed by atoms with Gasteiger partial charge in [-0.25, -0.2) is 0 Å². The minimum absolute atomic E-state index is 0.873. The van der Waals surface area contributed by atoms with Crippen molar-refractivity contribution < 1.29 is 0 Å². The fourth-order valence-electron chi connectivity index (χ4n) is 2.57. The molecule has 0 aromatic heterocycles. The van der Waals surface area contributed by atoms with E-state index in [0.29, 0.717) is 0 Å². The molecule has 16 heavy (non-hydrogen) atoms. The molecule has 0 atom stereocenters. The number of anilines is 2. The highest BCUT2D eigenvalue weighted by Gasteiger charge is 2.19. The Hall–Kier alpha value is -1.18. The Labute approximate surface area is 98.4 Å². The topological polar surface area (TPSA) is 29.3 Å². The molecule has 0 amide bonds. The van der Waals surface area contributed by atoms with E-state index < -0.39 is 0 Å². The van der Waals surface area contributed by atoms with Crippen LogP contribution in [0.3, 0.4) is 0 Å². The number of nitrogens with two attached hydrogens (primary N) is 1. The second kappa shape index (κ2) is 4.36. The summed E-state index contributed by atoms with van der Waals surface area (Å²) in [5.74, 6) is 0.873. The van der Waals surface area contributed by atoms with Crippen LogP contribution in [0.4, 0.5) is 11.4 Å². The van der Waals surface area contributed by atoms with Gasteiger partial charge in [-0.2, -0.15) is 0 Å². The molecular weight excluding hydrogens is 196 g/mol. The molecule has 0 aliphatic carbocycles. The summed E-state index contributed by atoms with van der Waals surface area (Å²) in [5.41, 5.74) is 10.9. The first-order valence-corrected chi connectivity index (χ1v) is 6.20. The van der Waals surface area contributed by atoms with E-state index in [9.17, 15) is 0 Å². The summed E-state index contributed by atoms with van der Waals surface area (Å²) < 4.78 is 0. The van der Waals surface area contributed by atoms with Crippen LogP contribution in [-0.2, 0) is 0 Å². The van der Waals surface area contributed by atoms with Crippen LogP contribution in [0.2, 0.25) is 0 Å². The first kappa shape index (κ1) is 11.3. The molecule has 1 aromatic carbocycles. The average Bonchev–Trinajstić information content (AvgIpc) is 2.27. The van der Waals surface area contributed by atoms with E-state index in [2.05, 4.69) is 31.7 Å². The second-order valence-electron chi connectivity index (χ2n) is 5.11. The van der Waals surface area contributed by atoms with Crippen LogP contribution < -0.4 is 10.6 Å². The summed E-state index contributed by atoms with van der Waals surface area (Å²) in [6.45, 7) is 9.00. The molecule has 2 nitrogen and oxygen atoms in total. The monoisotopic (exact) mass is 218 g/mol. The number of hydrogen-bond donors (Lipinski definition) is 1. The Balaban J connectivity index is 2.29. The molecule has 1 saturated heterocycles. The summed E-state index contributed by atoms with van der Waals surface area (Å²) >= 11 is 0. The molecule has 88 valence electrons. The van der Waals surface area contributed by atoms with E-state index in [4.69, 9.17) is 5.73 Å². The number of aryl methyl sites for hydroxylation is 1. The molecule has 1 fully saturated rings. The SMILES string of the molecule is Cc1ccc(N)c(C)c1N1CCC(C)CC1. The standard InChI is InChI=1S/C14H22N2/c1-10-6-8-16(9-7-10)14-11(2)4-5-13(15)12(14)3/h4-5,10H,6-9,15H2,1-3H3. The van der Waals surface area contributed by atoms with Crippen LogP contribution in [0.1, 0.15) is 30.9 Å². The molecule has 2 heteroatoms. The van der Waals surface area contributed by atoms with Crippen molar-refractivity contribution in [1.82, 2.24) is 0 Å². The third kappa shape index (κ3) is 2.01. The second-order valence-corrected chi connectivity index (χ2v) is 5.11. The quantitative estimate of drug-likeness (QED) is 0.734. The van der Waals surface area contributed by atoms with Gasteiger partial charge in [0.15, 0.2) is 0 Å². The summed E-state index contributed by atoms with van der Waals surface area (Å²) in [7, 11) is 0. The van der Waals surface area contributed by atoms with Crippen LogP contribution in [0.5, 0.6) is 0 Å². The first-order chi connectivity index (χ1) is 7.59. The van der Waals surface area contributed by atoms with Gasteiger partial charge in [0.2, 0.25) is 0 Å². The Morgan fingerprint density at radius 3 is 2.44 bits per heavy atom. The van der Waals surface area contributed by atoms with Crippen molar-refractivity contribution >= 4 is 11.4 Å². The van der Waals surface area contributed by atoms with E-state index in [1.807, 2.05) is 6.07 Å². The maximum atomic E-state index is 6.00. The van der Waals surface area contributed by atoms with E-state index >= 15 is 0 Å². The molecule has 0 saturated carbocycles. The van der Waals surface area contributed by atoms with Crippen LogP contribution in [0.25, 0.3) is 0 Å². The number of nitrogen functional groups attached to an aromatic ring is 1. The molecule has 2 N–H and O–H groups in total. The van der Waals surface area contributed by atoms with Crippen molar-refractivity contribution in [2.24, 2.45) is 5.92 Å². The van der Waals surface area contributed by atoms with Crippen LogP contribution in [0, 0.1) is 19.8 Å². The number of hydrogen-bond acceptors (Lipinski definition) is 2. The van der Waals surface area contributed by atoms with Gasteiger partial charge in [0.25, 0.3) is 0 Å². The van der Waals surface area contributed by atoms with Gasteiger partial charge in [-0.15, -0.1) is 0 Å². The van der Waals surface area contributed by atoms with E-state index in [-0.39, 0.29) is 0 Å². The van der Waals surface area contributed by atoms with Crippen LogP contribution >= 0.6 is 0 Å². The van der Waals surface area contributed by atoms with Crippen molar-refractivity contribution in [2.45, 2.75) is 33.6 Å². The molecular formula is C14H22N2. The van der Waals surface area contributed by atoms with Crippen molar-refractivity contribution in [3.63, 3.8) is 0 Å². The average molecular weight is 218 g/mol. The van der Waals surface area contributed by atoms with Gasteiger partial charge in [-0.1, -0.05) is 13.0 Å². The van der Waals surface area contributed by atoms with Gasteiger partial charge in [0, 0.05) is 24.5 Å². The molecule has 0 radical (unpaired) electrons. The van der Waals surface area contributed by atoms with Gasteiger partial charge in [-0.3, -0.25) is 0 Å². The molecule has 0 unspecified atom stereocenters. The Bertz CT molecular complexity index is 377. The zero-order chi connectivity index (χ0) is 11.7. The Morgan fingerprint density at radius 2 is 1.81 bits per heavy atom. The Kier molecular flexibility index (Phi) is 3.08. The zero-order valence-electron chi connectivity index (χ0n) is 10.6. The zero-order valence-corrected chi connectivity index (χ0v) is 10.6. The minimum atomic E-state index is 0.873.